The molecule has 0 saturated carbocycles. The normalized spacial score (nSPS) is 20.2. The lowest BCUT2D eigenvalue weighted by molar-refractivity contribution is -0.212. The Balaban J connectivity index is 1.45. The van der Waals surface area contributed by atoms with Gasteiger partial charge in [-0.05, 0) is 32.3 Å². The zero-order valence-corrected chi connectivity index (χ0v) is 16.7. The molecule has 4 rings (SSSR count). The van der Waals surface area contributed by atoms with Crippen molar-refractivity contribution in [3.05, 3.63) is 47.3 Å². The van der Waals surface area contributed by atoms with Gasteiger partial charge in [-0.3, -0.25) is 9.63 Å². The Labute approximate surface area is 164 Å². The van der Waals surface area contributed by atoms with Crippen LogP contribution in [0.5, 0.6) is 0 Å². The maximum Gasteiger partial charge on any atom is 0.249 e. The van der Waals surface area contributed by atoms with Crippen LogP contribution in [0.15, 0.2) is 39.8 Å². The van der Waals surface area contributed by atoms with Crippen LogP contribution in [0.2, 0.25) is 0 Å². The Morgan fingerprint density at radius 3 is 2.43 bits per heavy atom. The van der Waals surface area contributed by atoms with Crippen LogP contribution in [-0.2, 0) is 26.2 Å². The number of rotatable bonds is 4. The van der Waals surface area contributed by atoms with E-state index in [0.29, 0.717) is 43.9 Å². The van der Waals surface area contributed by atoms with Crippen molar-refractivity contribution in [2.75, 3.05) is 13.1 Å². The van der Waals surface area contributed by atoms with Gasteiger partial charge in [-0.2, -0.15) is 4.31 Å². The lowest BCUT2D eigenvalue weighted by Gasteiger charge is -2.37. The summed E-state index contributed by atoms with van der Waals surface area (Å²) in [4.78, 5) is 18.6. The predicted octanol–water partition coefficient (Wildman–Crippen LogP) is 2.18. The predicted molar refractivity (Wildman–Crippen MR) is 99.4 cm³/mol. The van der Waals surface area contributed by atoms with Crippen LogP contribution in [0.3, 0.4) is 0 Å². The summed E-state index contributed by atoms with van der Waals surface area (Å²) in [5.41, 5.74) is 0.724. The summed E-state index contributed by atoms with van der Waals surface area (Å²) in [6.45, 7) is 4.19. The highest BCUT2D eigenvalue weighted by atomic mass is 32.2. The van der Waals surface area contributed by atoms with E-state index in [1.807, 2.05) is 30.3 Å². The van der Waals surface area contributed by atoms with Crippen molar-refractivity contribution in [1.82, 2.24) is 14.5 Å². The van der Waals surface area contributed by atoms with E-state index < -0.39 is 15.6 Å². The molecule has 0 atom stereocenters. The van der Waals surface area contributed by atoms with Crippen LogP contribution in [0.25, 0.3) is 0 Å². The summed E-state index contributed by atoms with van der Waals surface area (Å²) in [6, 6.07) is 9.65. The third kappa shape index (κ3) is 3.34. The van der Waals surface area contributed by atoms with Gasteiger partial charge in [0.05, 0.1) is 13.0 Å². The van der Waals surface area contributed by atoms with Crippen molar-refractivity contribution < 1.29 is 22.6 Å². The number of hydroxylamine groups is 2. The molecule has 0 bridgehead atoms. The quantitative estimate of drug-likeness (QED) is 0.774. The number of hydrogen-bond donors (Lipinski definition) is 0. The van der Waals surface area contributed by atoms with Gasteiger partial charge in [-0.15, -0.1) is 0 Å². The van der Waals surface area contributed by atoms with Crippen molar-refractivity contribution in [3.8, 4) is 0 Å². The Bertz CT molecular complexity index is 959. The molecule has 0 aliphatic carbocycles. The average Bonchev–Trinajstić information content (AvgIpc) is 3.15. The summed E-state index contributed by atoms with van der Waals surface area (Å²) in [5, 5.41) is 5.16. The molecule has 2 aromatic rings. The number of nitrogens with zero attached hydrogens (tertiary/aromatic N) is 3. The zero-order chi connectivity index (χ0) is 19.9. The van der Waals surface area contributed by atoms with Crippen molar-refractivity contribution in [1.29, 1.82) is 0 Å². The van der Waals surface area contributed by atoms with E-state index >= 15 is 0 Å². The molecule has 2 fully saturated rings. The van der Waals surface area contributed by atoms with E-state index in [9.17, 15) is 13.2 Å². The molecular formula is C19H23N3O5S. The Hall–Kier alpha value is -2.23. The van der Waals surface area contributed by atoms with Gasteiger partial charge in [-0.1, -0.05) is 35.5 Å². The molecule has 2 aliphatic rings. The van der Waals surface area contributed by atoms with E-state index in [4.69, 9.17) is 9.36 Å². The van der Waals surface area contributed by atoms with Gasteiger partial charge in [0.2, 0.25) is 15.9 Å². The molecule has 3 heterocycles. The zero-order valence-electron chi connectivity index (χ0n) is 15.9. The van der Waals surface area contributed by atoms with Crippen LogP contribution in [-0.4, -0.2) is 47.5 Å². The first-order chi connectivity index (χ1) is 13.3. The van der Waals surface area contributed by atoms with Crippen LogP contribution >= 0.6 is 0 Å². The molecule has 1 aromatic carbocycles. The van der Waals surface area contributed by atoms with E-state index in [1.165, 1.54) is 9.37 Å². The number of piperidine rings is 1. The van der Waals surface area contributed by atoms with Crippen molar-refractivity contribution in [2.24, 2.45) is 0 Å². The van der Waals surface area contributed by atoms with Gasteiger partial charge in [0.15, 0.2) is 5.76 Å². The molecule has 0 unspecified atom stereocenters. The summed E-state index contributed by atoms with van der Waals surface area (Å²) in [7, 11) is -3.68. The highest BCUT2D eigenvalue weighted by Crippen LogP contribution is 2.39. The van der Waals surface area contributed by atoms with Crippen LogP contribution in [0.4, 0.5) is 0 Å². The summed E-state index contributed by atoms with van der Waals surface area (Å²) in [6.07, 6.45) is 1.21. The van der Waals surface area contributed by atoms with E-state index in [2.05, 4.69) is 5.16 Å². The van der Waals surface area contributed by atoms with Crippen molar-refractivity contribution >= 4 is 15.9 Å². The standard InChI is InChI=1S/C19H23N3O5S/c1-14-18(15(2)26-20-14)28(24,25)21-10-8-19(9-11-21)12-17(23)22(27-19)13-16-6-4-3-5-7-16/h3-7H,8-13H2,1-2H3. The Morgan fingerprint density at radius 1 is 1.14 bits per heavy atom. The molecule has 9 heteroatoms. The first-order valence-corrected chi connectivity index (χ1v) is 10.7. The second-order valence-corrected chi connectivity index (χ2v) is 9.30. The smallest absolute Gasteiger partial charge is 0.249 e. The van der Waals surface area contributed by atoms with Crippen LogP contribution < -0.4 is 0 Å². The molecule has 2 saturated heterocycles. The Kier molecular flexibility index (Phi) is 4.76. The summed E-state index contributed by atoms with van der Waals surface area (Å²) >= 11 is 0. The highest BCUT2D eigenvalue weighted by molar-refractivity contribution is 7.89. The third-order valence-electron chi connectivity index (χ3n) is 5.42. The molecule has 2 aliphatic heterocycles. The topological polar surface area (TPSA) is 93.0 Å². The number of carbonyl (C=O) groups is 1. The van der Waals surface area contributed by atoms with Gasteiger partial charge in [-0.25, -0.2) is 13.5 Å². The molecular weight excluding hydrogens is 382 g/mol. The molecule has 28 heavy (non-hydrogen) atoms. The van der Waals surface area contributed by atoms with Crippen LogP contribution in [0, 0.1) is 13.8 Å². The molecule has 150 valence electrons. The van der Waals surface area contributed by atoms with Gasteiger partial charge >= 0.3 is 0 Å². The number of hydrogen-bond acceptors (Lipinski definition) is 6. The third-order valence-corrected chi connectivity index (χ3v) is 7.57. The second-order valence-electron chi connectivity index (χ2n) is 7.42. The largest absolute Gasteiger partial charge is 0.360 e. The molecule has 1 aromatic heterocycles. The minimum Gasteiger partial charge on any atom is -0.360 e. The second kappa shape index (κ2) is 6.98. The molecule has 0 radical (unpaired) electrons. The van der Waals surface area contributed by atoms with Gasteiger partial charge in [0, 0.05) is 13.1 Å². The molecule has 1 amide bonds. The number of amides is 1. The fourth-order valence-corrected chi connectivity index (χ4v) is 5.66. The Morgan fingerprint density at radius 2 is 1.82 bits per heavy atom. The molecule has 8 nitrogen and oxygen atoms in total. The van der Waals surface area contributed by atoms with Gasteiger partial charge in [0.1, 0.15) is 16.2 Å². The minimum atomic E-state index is -3.68. The van der Waals surface area contributed by atoms with E-state index in [-0.39, 0.29) is 17.2 Å². The van der Waals surface area contributed by atoms with Crippen molar-refractivity contribution in [2.45, 2.75) is 50.2 Å². The highest BCUT2D eigenvalue weighted by Gasteiger charge is 2.48. The number of benzene rings is 1. The SMILES string of the molecule is Cc1noc(C)c1S(=O)(=O)N1CCC2(CC1)CC(=O)N(Cc1ccccc1)O2. The fraction of sp³-hybridized carbons (Fsp3) is 0.474. The number of aromatic nitrogens is 1. The number of sulfonamides is 1. The first-order valence-electron chi connectivity index (χ1n) is 9.27. The fourth-order valence-electron chi connectivity index (χ4n) is 3.92. The number of carbonyl (C=O) groups excluding carboxylic acids is 1. The lowest BCUT2D eigenvalue weighted by Crippen LogP contribution is -2.47. The van der Waals surface area contributed by atoms with Crippen LogP contribution in [0.1, 0.15) is 36.3 Å². The van der Waals surface area contributed by atoms with Gasteiger partial charge < -0.3 is 4.52 Å². The molecule has 0 N–H and O–H groups in total. The maximum atomic E-state index is 13.0. The van der Waals surface area contributed by atoms with E-state index in [1.54, 1.807) is 13.8 Å². The summed E-state index contributed by atoms with van der Waals surface area (Å²) < 4.78 is 32.4. The maximum absolute atomic E-state index is 13.0. The first kappa shape index (κ1) is 19.1. The monoisotopic (exact) mass is 405 g/mol. The average molecular weight is 405 g/mol. The minimum absolute atomic E-state index is 0.0640. The summed E-state index contributed by atoms with van der Waals surface area (Å²) in [5.74, 6) is 0.227. The lowest BCUT2D eigenvalue weighted by atomic mass is 9.89. The van der Waals surface area contributed by atoms with Crippen molar-refractivity contribution in [3.63, 3.8) is 0 Å². The van der Waals surface area contributed by atoms with Gasteiger partial charge in [0.25, 0.3) is 0 Å². The van der Waals surface area contributed by atoms with E-state index in [0.717, 1.165) is 5.56 Å². The molecule has 1 spiro atoms. The number of aryl methyl sites for hydroxylation is 2.